The van der Waals surface area contributed by atoms with Gasteiger partial charge in [0.2, 0.25) is 0 Å². The summed E-state index contributed by atoms with van der Waals surface area (Å²) >= 11 is -0.0454. The lowest BCUT2D eigenvalue weighted by Crippen LogP contribution is -2.45. The lowest BCUT2D eigenvalue weighted by Gasteiger charge is -2.35. The number of nitrogens with one attached hydrogen (secondary N) is 1. The van der Waals surface area contributed by atoms with E-state index in [2.05, 4.69) is 17.1 Å². The fraction of sp³-hybridized carbons (Fsp3) is 0.647. The average Bonchev–Trinajstić information content (AvgIpc) is 2.52. The van der Waals surface area contributed by atoms with Crippen molar-refractivity contribution in [2.24, 2.45) is 0 Å². The van der Waals surface area contributed by atoms with Gasteiger partial charge in [-0.1, -0.05) is 38.3 Å². The van der Waals surface area contributed by atoms with E-state index in [-0.39, 0.29) is 41.5 Å². The summed E-state index contributed by atoms with van der Waals surface area (Å²) in [5, 5.41) is 3.35. The Hall–Kier alpha value is -0.140. The first-order valence-electron chi connectivity index (χ1n) is 8.30. The van der Waals surface area contributed by atoms with Crippen LogP contribution in [0.25, 0.3) is 0 Å². The van der Waals surface area contributed by atoms with Crippen LogP contribution in [0.2, 0.25) is 0 Å². The highest BCUT2D eigenvalue weighted by molar-refractivity contribution is 8.00. The Morgan fingerprint density at radius 3 is 2.20 bits per heavy atom. The second kappa shape index (κ2) is 12.3. The van der Waals surface area contributed by atoms with E-state index >= 15 is 0 Å². The van der Waals surface area contributed by atoms with Crippen LogP contribution in [-0.4, -0.2) is 36.6 Å². The van der Waals surface area contributed by atoms with Crippen LogP contribution in [0.5, 0.6) is 0 Å². The summed E-state index contributed by atoms with van der Waals surface area (Å²) in [4.78, 5) is 2.71. The first-order valence-corrected chi connectivity index (χ1v) is 9.11. The van der Waals surface area contributed by atoms with Gasteiger partial charge in [-0.05, 0) is 35.9 Å². The molecule has 1 N–H and O–H groups in total. The summed E-state index contributed by atoms with van der Waals surface area (Å²) in [5.41, 5.74) is -3.09. The molecule has 0 bridgehead atoms. The largest absolute Gasteiger partial charge is 0.446 e. The van der Waals surface area contributed by atoms with Crippen LogP contribution in [-0.2, 0) is 0 Å². The molecule has 1 aliphatic rings. The molecule has 0 saturated carbocycles. The molecule has 1 atom stereocenters. The maximum absolute atomic E-state index is 12.4. The second-order valence-corrected chi connectivity index (χ2v) is 7.05. The van der Waals surface area contributed by atoms with Gasteiger partial charge < -0.3 is 5.32 Å². The van der Waals surface area contributed by atoms with E-state index in [1.165, 1.54) is 12.8 Å². The van der Waals surface area contributed by atoms with E-state index in [1.807, 2.05) is 12.1 Å². The molecule has 1 heterocycles. The summed E-state index contributed by atoms with van der Waals surface area (Å²) < 4.78 is 37.3. The number of hydrogen-bond donors (Lipinski definition) is 1. The minimum Gasteiger partial charge on any atom is -0.314 e. The number of hydrogen-bond acceptors (Lipinski definition) is 3. The van der Waals surface area contributed by atoms with Crippen molar-refractivity contribution in [3.63, 3.8) is 0 Å². The molecule has 0 spiro atoms. The molecule has 0 amide bonds. The highest BCUT2D eigenvalue weighted by atomic mass is 35.5. The minimum absolute atomic E-state index is 0. The smallest absolute Gasteiger partial charge is 0.314 e. The van der Waals surface area contributed by atoms with E-state index in [0.717, 1.165) is 44.6 Å². The zero-order valence-electron chi connectivity index (χ0n) is 14.3. The van der Waals surface area contributed by atoms with E-state index in [0.29, 0.717) is 6.04 Å². The molecule has 1 aromatic carbocycles. The number of benzene rings is 1. The third kappa shape index (κ3) is 8.87. The van der Waals surface area contributed by atoms with Crippen molar-refractivity contribution in [2.75, 3.05) is 26.2 Å². The molecule has 1 fully saturated rings. The van der Waals surface area contributed by atoms with E-state index < -0.39 is 5.51 Å². The van der Waals surface area contributed by atoms with Gasteiger partial charge in [-0.2, -0.15) is 13.2 Å². The number of rotatable bonds is 7. The lowest BCUT2D eigenvalue weighted by atomic mass is 9.98. The quantitative estimate of drug-likeness (QED) is 0.453. The summed E-state index contributed by atoms with van der Waals surface area (Å²) in [6.07, 6.45) is 4.60. The number of thioether (sulfide) groups is 1. The molecule has 0 aliphatic carbocycles. The standard InChI is InChI=1S/C17H25F3N2S.2ClH/c1-2-3-4-5-16(22-12-10-21-11-13-22)14-6-8-15(9-7-14)23-17(18,19)20;;/h6-9,16,21H,2-5,10-13H2,1H3;2*1H/t16-;;/m0../s1. The first-order chi connectivity index (χ1) is 11.0. The maximum atomic E-state index is 12.4. The van der Waals surface area contributed by atoms with Crippen LogP contribution in [0, 0.1) is 0 Å². The molecular formula is C17H27Cl2F3N2S. The normalized spacial score (nSPS) is 16.6. The Morgan fingerprint density at radius 1 is 1.08 bits per heavy atom. The average molecular weight is 419 g/mol. The monoisotopic (exact) mass is 418 g/mol. The number of halogens is 5. The number of piperazine rings is 1. The summed E-state index contributed by atoms with van der Waals surface area (Å²) in [7, 11) is 0. The zero-order chi connectivity index (χ0) is 16.7. The van der Waals surface area contributed by atoms with Gasteiger partial charge in [0.1, 0.15) is 0 Å². The fourth-order valence-electron chi connectivity index (χ4n) is 3.03. The van der Waals surface area contributed by atoms with Crippen molar-refractivity contribution in [2.45, 2.75) is 49.1 Å². The Labute approximate surface area is 165 Å². The highest BCUT2D eigenvalue weighted by Gasteiger charge is 2.29. The van der Waals surface area contributed by atoms with Crippen molar-refractivity contribution in [3.05, 3.63) is 29.8 Å². The first kappa shape index (κ1) is 24.9. The molecule has 1 aromatic rings. The molecule has 1 aliphatic heterocycles. The van der Waals surface area contributed by atoms with Crippen LogP contribution in [0.3, 0.4) is 0 Å². The highest BCUT2D eigenvalue weighted by Crippen LogP contribution is 2.37. The molecule has 0 radical (unpaired) electrons. The molecule has 0 unspecified atom stereocenters. The van der Waals surface area contributed by atoms with E-state index in [1.54, 1.807) is 12.1 Å². The van der Waals surface area contributed by atoms with Gasteiger partial charge in [-0.25, -0.2) is 0 Å². The van der Waals surface area contributed by atoms with Crippen LogP contribution < -0.4 is 5.32 Å². The SMILES string of the molecule is CCCCC[C@@H](c1ccc(SC(F)(F)F)cc1)N1CCNCC1.Cl.Cl. The van der Waals surface area contributed by atoms with Gasteiger partial charge in [0.15, 0.2) is 0 Å². The van der Waals surface area contributed by atoms with Crippen molar-refractivity contribution in [1.82, 2.24) is 10.2 Å². The van der Waals surface area contributed by atoms with Crippen molar-refractivity contribution >= 4 is 36.6 Å². The maximum Gasteiger partial charge on any atom is 0.446 e. The third-order valence-electron chi connectivity index (χ3n) is 4.17. The summed E-state index contributed by atoms with van der Waals surface area (Å²) in [5.74, 6) is 0. The Morgan fingerprint density at radius 2 is 1.68 bits per heavy atom. The summed E-state index contributed by atoms with van der Waals surface area (Å²) in [6, 6.07) is 7.25. The molecule has 2 nitrogen and oxygen atoms in total. The van der Waals surface area contributed by atoms with Crippen molar-refractivity contribution < 1.29 is 13.2 Å². The lowest BCUT2D eigenvalue weighted by molar-refractivity contribution is -0.0328. The zero-order valence-corrected chi connectivity index (χ0v) is 16.8. The van der Waals surface area contributed by atoms with Crippen LogP contribution in [0.15, 0.2) is 29.2 Å². The topological polar surface area (TPSA) is 15.3 Å². The molecule has 0 aromatic heterocycles. The molecule has 2 rings (SSSR count). The Kier molecular flexibility index (Phi) is 12.2. The second-order valence-electron chi connectivity index (χ2n) is 5.91. The fourth-order valence-corrected chi connectivity index (χ4v) is 3.57. The van der Waals surface area contributed by atoms with Crippen LogP contribution >= 0.6 is 36.6 Å². The Bertz CT molecular complexity index is 466. The van der Waals surface area contributed by atoms with Gasteiger partial charge in [-0.3, -0.25) is 4.90 Å². The summed E-state index contributed by atoms with van der Waals surface area (Å²) in [6.45, 7) is 6.13. The molecule has 1 saturated heterocycles. The van der Waals surface area contributed by atoms with Gasteiger partial charge in [0, 0.05) is 37.1 Å². The molecule has 146 valence electrons. The van der Waals surface area contributed by atoms with E-state index in [4.69, 9.17) is 0 Å². The third-order valence-corrected chi connectivity index (χ3v) is 4.91. The van der Waals surface area contributed by atoms with Gasteiger partial charge >= 0.3 is 5.51 Å². The van der Waals surface area contributed by atoms with Crippen molar-refractivity contribution in [3.8, 4) is 0 Å². The Balaban J connectivity index is 0.00000288. The van der Waals surface area contributed by atoms with Crippen LogP contribution in [0.4, 0.5) is 13.2 Å². The molecule has 25 heavy (non-hydrogen) atoms. The van der Waals surface area contributed by atoms with Gasteiger partial charge in [-0.15, -0.1) is 24.8 Å². The molecular weight excluding hydrogens is 392 g/mol. The van der Waals surface area contributed by atoms with Gasteiger partial charge in [0.05, 0.1) is 0 Å². The van der Waals surface area contributed by atoms with Crippen LogP contribution in [0.1, 0.15) is 44.2 Å². The predicted molar refractivity (Wildman–Crippen MR) is 104 cm³/mol. The number of unbranched alkanes of at least 4 members (excludes halogenated alkanes) is 2. The predicted octanol–water partition coefficient (Wildman–Crippen LogP) is 5.67. The van der Waals surface area contributed by atoms with Crippen molar-refractivity contribution in [1.29, 1.82) is 0 Å². The minimum atomic E-state index is -4.22. The number of alkyl halides is 3. The van der Waals surface area contributed by atoms with Gasteiger partial charge in [0.25, 0.3) is 0 Å². The molecule has 8 heteroatoms. The van der Waals surface area contributed by atoms with E-state index in [9.17, 15) is 13.2 Å². The number of nitrogens with zero attached hydrogens (tertiary/aromatic N) is 1.